The Bertz CT molecular complexity index is 750. The average Bonchev–Trinajstić information content (AvgIpc) is 2.91. The zero-order valence-electron chi connectivity index (χ0n) is 15.4. The highest BCUT2D eigenvalue weighted by molar-refractivity contribution is 5.94. The second-order valence-corrected chi connectivity index (χ2v) is 7.30. The molecule has 5 heteroatoms. The number of aryl methyl sites for hydroxylation is 2. The summed E-state index contributed by atoms with van der Waals surface area (Å²) in [5, 5.41) is 4.51. The molecule has 25 heavy (non-hydrogen) atoms. The fraction of sp³-hybridized carbons (Fsp3) is 0.500. The SMILES string of the molecule is Cc1cc(C)n(Cc2cccc(C(=O)N3CCCC(C(C)N)C3)c2)n1. The maximum atomic E-state index is 12.9. The van der Waals surface area contributed by atoms with Crippen molar-refractivity contribution in [3.05, 3.63) is 52.8 Å². The third-order valence-corrected chi connectivity index (χ3v) is 5.10. The molecule has 0 bridgehead atoms. The smallest absolute Gasteiger partial charge is 0.253 e. The van der Waals surface area contributed by atoms with E-state index in [-0.39, 0.29) is 11.9 Å². The topological polar surface area (TPSA) is 64.2 Å². The van der Waals surface area contributed by atoms with Gasteiger partial charge in [0.15, 0.2) is 0 Å². The monoisotopic (exact) mass is 340 g/mol. The third kappa shape index (κ3) is 4.10. The Morgan fingerprint density at radius 1 is 1.36 bits per heavy atom. The molecule has 1 aliphatic heterocycles. The zero-order chi connectivity index (χ0) is 18.0. The van der Waals surface area contributed by atoms with Crippen LogP contribution in [0.2, 0.25) is 0 Å². The highest BCUT2D eigenvalue weighted by atomic mass is 16.2. The number of carbonyl (C=O) groups excluding carboxylic acids is 1. The lowest BCUT2D eigenvalue weighted by Crippen LogP contribution is -2.45. The van der Waals surface area contributed by atoms with Gasteiger partial charge in [0.1, 0.15) is 0 Å². The summed E-state index contributed by atoms with van der Waals surface area (Å²) in [6.45, 7) is 8.35. The molecule has 0 spiro atoms. The van der Waals surface area contributed by atoms with E-state index in [1.165, 1.54) is 0 Å². The van der Waals surface area contributed by atoms with Gasteiger partial charge in [-0.15, -0.1) is 0 Å². The minimum atomic E-state index is 0.112. The molecule has 2 atom stereocenters. The summed E-state index contributed by atoms with van der Waals surface area (Å²) in [6.07, 6.45) is 2.14. The molecule has 1 amide bonds. The minimum absolute atomic E-state index is 0.112. The Balaban J connectivity index is 1.74. The van der Waals surface area contributed by atoms with Crippen LogP contribution in [0.3, 0.4) is 0 Å². The molecular weight excluding hydrogens is 312 g/mol. The number of benzene rings is 1. The fourth-order valence-electron chi connectivity index (χ4n) is 3.62. The molecule has 1 aromatic carbocycles. The summed E-state index contributed by atoms with van der Waals surface area (Å²) in [7, 11) is 0. The number of piperidine rings is 1. The Morgan fingerprint density at radius 2 is 2.16 bits per heavy atom. The summed E-state index contributed by atoms with van der Waals surface area (Å²) in [4.78, 5) is 14.9. The van der Waals surface area contributed by atoms with Crippen molar-refractivity contribution >= 4 is 5.91 Å². The number of nitrogens with zero attached hydrogens (tertiary/aromatic N) is 3. The molecule has 0 saturated carbocycles. The number of carbonyl (C=O) groups is 1. The molecule has 3 rings (SSSR count). The predicted octanol–water partition coefficient (Wildman–Crippen LogP) is 2.75. The maximum Gasteiger partial charge on any atom is 0.253 e. The lowest BCUT2D eigenvalue weighted by atomic mass is 9.92. The van der Waals surface area contributed by atoms with Gasteiger partial charge in [-0.2, -0.15) is 5.10 Å². The number of rotatable bonds is 4. The molecular formula is C20H28N4O. The lowest BCUT2D eigenvalue weighted by molar-refractivity contribution is 0.0661. The van der Waals surface area contributed by atoms with Gasteiger partial charge in [-0.25, -0.2) is 0 Å². The molecule has 1 saturated heterocycles. The van der Waals surface area contributed by atoms with E-state index in [1.807, 2.05) is 47.7 Å². The van der Waals surface area contributed by atoms with Gasteiger partial charge in [0, 0.05) is 30.4 Å². The van der Waals surface area contributed by atoms with E-state index >= 15 is 0 Å². The normalized spacial score (nSPS) is 19.0. The van der Waals surface area contributed by atoms with Gasteiger partial charge in [-0.05, 0) is 63.3 Å². The molecule has 0 radical (unpaired) electrons. The Morgan fingerprint density at radius 3 is 2.84 bits per heavy atom. The van der Waals surface area contributed by atoms with Crippen LogP contribution in [0.1, 0.15) is 47.1 Å². The third-order valence-electron chi connectivity index (χ3n) is 5.10. The number of hydrogen-bond acceptors (Lipinski definition) is 3. The van der Waals surface area contributed by atoms with Crippen LogP contribution < -0.4 is 5.73 Å². The van der Waals surface area contributed by atoms with Crippen LogP contribution in [-0.2, 0) is 6.54 Å². The van der Waals surface area contributed by atoms with Crippen molar-refractivity contribution in [3.63, 3.8) is 0 Å². The van der Waals surface area contributed by atoms with Crippen molar-refractivity contribution < 1.29 is 4.79 Å². The standard InChI is InChI=1S/C20H28N4O/c1-14-10-15(2)24(22-14)12-17-6-4-7-18(11-17)20(25)23-9-5-8-19(13-23)16(3)21/h4,6-7,10-11,16,19H,5,8-9,12-13,21H2,1-3H3. The summed E-state index contributed by atoms with van der Waals surface area (Å²) >= 11 is 0. The van der Waals surface area contributed by atoms with Crippen molar-refractivity contribution in [2.24, 2.45) is 11.7 Å². The second-order valence-electron chi connectivity index (χ2n) is 7.30. The first-order valence-electron chi connectivity index (χ1n) is 9.09. The second kappa shape index (κ2) is 7.40. The first-order chi connectivity index (χ1) is 11.9. The van der Waals surface area contributed by atoms with Crippen molar-refractivity contribution in [2.75, 3.05) is 13.1 Å². The van der Waals surface area contributed by atoms with E-state index in [0.29, 0.717) is 12.5 Å². The van der Waals surface area contributed by atoms with Crippen LogP contribution in [0.5, 0.6) is 0 Å². The van der Waals surface area contributed by atoms with Crippen LogP contribution >= 0.6 is 0 Å². The van der Waals surface area contributed by atoms with Gasteiger partial charge in [-0.1, -0.05) is 12.1 Å². The van der Waals surface area contributed by atoms with Crippen molar-refractivity contribution in [1.29, 1.82) is 0 Å². The molecule has 2 unspecified atom stereocenters. The van der Waals surface area contributed by atoms with Crippen LogP contribution in [0.15, 0.2) is 30.3 Å². The molecule has 1 aliphatic rings. The van der Waals surface area contributed by atoms with Crippen molar-refractivity contribution in [2.45, 2.75) is 46.2 Å². The van der Waals surface area contributed by atoms with Gasteiger partial charge in [-0.3, -0.25) is 9.48 Å². The Kier molecular flexibility index (Phi) is 5.23. The number of hydrogen-bond donors (Lipinski definition) is 1. The maximum absolute atomic E-state index is 12.9. The summed E-state index contributed by atoms with van der Waals surface area (Å²) in [6, 6.07) is 10.1. The van der Waals surface area contributed by atoms with E-state index in [2.05, 4.69) is 18.1 Å². The molecule has 1 fully saturated rings. The Labute approximate surface area is 149 Å². The quantitative estimate of drug-likeness (QED) is 0.931. The molecule has 1 aromatic heterocycles. The first kappa shape index (κ1) is 17.7. The van der Waals surface area contributed by atoms with Crippen LogP contribution in [0, 0.1) is 19.8 Å². The summed E-state index contributed by atoms with van der Waals surface area (Å²) in [5.41, 5.74) is 10.0. The van der Waals surface area contributed by atoms with E-state index < -0.39 is 0 Å². The van der Waals surface area contributed by atoms with Crippen molar-refractivity contribution in [1.82, 2.24) is 14.7 Å². The summed E-state index contributed by atoms with van der Waals surface area (Å²) in [5.74, 6) is 0.510. The first-order valence-corrected chi connectivity index (χ1v) is 9.09. The number of nitrogens with two attached hydrogens (primary N) is 1. The molecule has 2 heterocycles. The van der Waals surface area contributed by atoms with Gasteiger partial charge in [0.25, 0.3) is 5.91 Å². The van der Waals surface area contributed by atoms with Gasteiger partial charge in [0.2, 0.25) is 0 Å². The van der Waals surface area contributed by atoms with Crippen LogP contribution in [0.4, 0.5) is 0 Å². The predicted molar refractivity (Wildman–Crippen MR) is 99.5 cm³/mol. The highest BCUT2D eigenvalue weighted by Gasteiger charge is 2.26. The van der Waals surface area contributed by atoms with Gasteiger partial charge in [0.05, 0.1) is 12.2 Å². The van der Waals surface area contributed by atoms with E-state index in [0.717, 1.165) is 48.4 Å². The lowest BCUT2D eigenvalue weighted by Gasteiger charge is -2.34. The molecule has 0 aliphatic carbocycles. The molecule has 2 N–H and O–H groups in total. The van der Waals surface area contributed by atoms with E-state index in [1.54, 1.807) is 0 Å². The van der Waals surface area contributed by atoms with E-state index in [4.69, 9.17) is 5.73 Å². The van der Waals surface area contributed by atoms with Crippen molar-refractivity contribution in [3.8, 4) is 0 Å². The van der Waals surface area contributed by atoms with Gasteiger partial charge < -0.3 is 10.6 Å². The minimum Gasteiger partial charge on any atom is -0.338 e. The zero-order valence-corrected chi connectivity index (χ0v) is 15.4. The average molecular weight is 340 g/mol. The number of aromatic nitrogens is 2. The Hall–Kier alpha value is -2.14. The van der Waals surface area contributed by atoms with Crippen LogP contribution in [0.25, 0.3) is 0 Å². The van der Waals surface area contributed by atoms with E-state index in [9.17, 15) is 4.79 Å². The molecule has 5 nitrogen and oxygen atoms in total. The number of amides is 1. The fourth-order valence-corrected chi connectivity index (χ4v) is 3.62. The van der Waals surface area contributed by atoms with Crippen LogP contribution in [-0.4, -0.2) is 39.7 Å². The largest absolute Gasteiger partial charge is 0.338 e. The molecule has 134 valence electrons. The number of likely N-dealkylation sites (tertiary alicyclic amines) is 1. The highest BCUT2D eigenvalue weighted by Crippen LogP contribution is 2.21. The van der Waals surface area contributed by atoms with Gasteiger partial charge >= 0.3 is 0 Å². The summed E-state index contributed by atoms with van der Waals surface area (Å²) < 4.78 is 1.98. The molecule has 2 aromatic rings.